The minimum Gasteiger partial charge on any atom is -0.224 e. The van der Waals surface area contributed by atoms with E-state index in [4.69, 9.17) is 6.42 Å². The van der Waals surface area contributed by atoms with E-state index in [1.807, 2.05) is 30.3 Å². The molecule has 0 unspecified atom stereocenters. The molecule has 1 heterocycles. The third-order valence-corrected chi connectivity index (χ3v) is 2.99. The molecule has 0 amide bonds. The molecule has 0 aliphatic carbocycles. The molecule has 2 rings (SSSR count). The Morgan fingerprint density at radius 2 is 2.18 bits per heavy atom. The highest BCUT2D eigenvalue weighted by Gasteiger charge is 2.06. The standard InChI is InChI=1S/C11H8N4OS/c1-2-8-15-11(12-14-16)17-10(13-15)9-6-4-3-5-7-9/h1,3-7H,8H2/b12-11+. The number of hydrogen-bond donors (Lipinski definition) is 0. The molecule has 1 aromatic heterocycles. The lowest BCUT2D eigenvalue weighted by Gasteiger charge is -1.93. The van der Waals surface area contributed by atoms with E-state index in [1.165, 1.54) is 16.0 Å². The summed E-state index contributed by atoms with van der Waals surface area (Å²) in [4.78, 5) is 10.6. The first-order valence-corrected chi connectivity index (χ1v) is 5.60. The monoisotopic (exact) mass is 244 g/mol. The first kappa shape index (κ1) is 11.2. The molecule has 5 nitrogen and oxygen atoms in total. The van der Waals surface area contributed by atoms with Crippen molar-refractivity contribution in [3.63, 3.8) is 0 Å². The molecule has 0 radical (unpaired) electrons. The van der Waals surface area contributed by atoms with Crippen LogP contribution in [0.25, 0.3) is 10.6 Å². The smallest absolute Gasteiger partial charge is 0.224 e. The zero-order valence-electron chi connectivity index (χ0n) is 8.78. The molecule has 0 fully saturated rings. The summed E-state index contributed by atoms with van der Waals surface area (Å²) in [6.45, 7) is 0.262. The maximum Gasteiger partial charge on any atom is 0.233 e. The third-order valence-electron chi connectivity index (χ3n) is 2.01. The van der Waals surface area contributed by atoms with E-state index in [0.717, 1.165) is 10.6 Å². The zero-order chi connectivity index (χ0) is 12.1. The lowest BCUT2D eigenvalue weighted by Crippen LogP contribution is -2.15. The molecule has 0 aliphatic rings. The van der Waals surface area contributed by atoms with Gasteiger partial charge in [0.15, 0.2) is 0 Å². The Bertz CT molecular complexity index is 621. The van der Waals surface area contributed by atoms with Gasteiger partial charge in [-0.3, -0.25) is 0 Å². The lowest BCUT2D eigenvalue weighted by atomic mass is 10.2. The minimum atomic E-state index is 0.262. The quantitative estimate of drug-likeness (QED) is 0.470. The number of nitrogens with zero attached hydrogens (tertiary/aromatic N) is 4. The van der Waals surface area contributed by atoms with Crippen molar-refractivity contribution in [1.82, 2.24) is 9.78 Å². The van der Waals surface area contributed by atoms with Gasteiger partial charge in [-0.15, -0.1) is 11.3 Å². The van der Waals surface area contributed by atoms with Gasteiger partial charge >= 0.3 is 0 Å². The fourth-order valence-electron chi connectivity index (χ4n) is 1.31. The molecule has 0 spiro atoms. The Hall–Kier alpha value is -2.26. The van der Waals surface area contributed by atoms with E-state index in [1.54, 1.807) is 0 Å². The van der Waals surface area contributed by atoms with E-state index < -0.39 is 0 Å². The second-order valence-electron chi connectivity index (χ2n) is 3.10. The van der Waals surface area contributed by atoms with Crippen LogP contribution in [0.15, 0.2) is 40.7 Å². The molecule has 2 aromatic rings. The second-order valence-corrected chi connectivity index (χ2v) is 4.06. The molecule has 0 aliphatic heterocycles. The van der Waals surface area contributed by atoms with E-state index in [9.17, 15) is 4.91 Å². The first-order valence-electron chi connectivity index (χ1n) is 4.78. The number of terminal acetylenes is 1. The van der Waals surface area contributed by atoms with Crippen LogP contribution in [-0.2, 0) is 6.54 Å². The average molecular weight is 244 g/mol. The van der Waals surface area contributed by atoms with Crippen molar-refractivity contribution in [3.05, 3.63) is 40.0 Å². The Kier molecular flexibility index (Phi) is 3.43. The third kappa shape index (κ3) is 2.46. The van der Waals surface area contributed by atoms with Crippen LogP contribution in [0.4, 0.5) is 0 Å². The zero-order valence-corrected chi connectivity index (χ0v) is 9.59. The van der Waals surface area contributed by atoms with Crippen molar-refractivity contribution >= 4 is 11.3 Å². The molecule has 0 saturated carbocycles. The fourth-order valence-corrected chi connectivity index (χ4v) is 2.16. The van der Waals surface area contributed by atoms with Crippen LogP contribution in [0.5, 0.6) is 0 Å². The van der Waals surface area contributed by atoms with Gasteiger partial charge in [0.2, 0.25) is 4.80 Å². The SMILES string of the molecule is C#CCn1nc(-c2ccccc2)s/c1=N/N=O. The van der Waals surface area contributed by atoms with Gasteiger partial charge in [0.1, 0.15) is 11.6 Å². The highest BCUT2D eigenvalue weighted by atomic mass is 32.1. The summed E-state index contributed by atoms with van der Waals surface area (Å²) in [7, 11) is 0. The van der Waals surface area contributed by atoms with Gasteiger partial charge < -0.3 is 0 Å². The summed E-state index contributed by atoms with van der Waals surface area (Å²) in [5.41, 5.74) is 0.954. The number of benzene rings is 1. The molecule has 1 aromatic carbocycles. The Morgan fingerprint density at radius 3 is 2.82 bits per heavy atom. The normalized spacial score (nSPS) is 11.1. The average Bonchev–Trinajstić information content (AvgIpc) is 2.75. The van der Waals surface area contributed by atoms with Crippen molar-refractivity contribution < 1.29 is 0 Å². The van der Waals surface area contributed by atoms with Gasteiger partial charge in [-0.2, -0.15) is 5.10 Å². The predicted octanol–water partition coefficient (Wildman–Crippen LogP) is 1.83. The molecular weight excluding hydrogens is 236 g/mol. The van der Waals surface area contributed by atoms with E-state index in [0.29, 0.717) is 4.80 Å². The highest BCUT2D eigenvalue weighted by molar-refractivity contribution is 7.12. The Labute approximate surface area is 101 Å². The predicted molar refractivity (Wildman–Crippen MR) is 65.7 cm³/mol. The van der Waals surface area contributed by atoms with Crippen LogP contribution >= 0.6 is 11.3 Å². The summed E-state index contributed by atoms with van der Waals surface area (Å²) >= 11 is 1.27. The van der Waals surface area contributed by atoms with Gasteiger partial charge in [-0.05, 0) is 0 Å². The summed E-state index contributed by atoms with van der Waals surface area (Å²) in [5, 5.41) is 11.0. The van der Waals surface area contributed by atoms with Crippen molar-refractivity contribution in [2.45, 2.75) is 6.54 Å². The van der Waals surface area contributed by atoms with E-state index in [-0.39, 0.29) is 6.54 Å². The van der Waals surface area contributed by atoms with Gasteiger partial charge in [0.25, 0.3) is 0 Å². The van der Waals surface area contributed by atoms with Crippen molar-refractivity contribution in [2.24, 2.45) is 10.4 Å². The molecule has 0 saturated heterocycles. The first-order chi connectivity index (χ1) is 8.35. The maximum atomic E-state index is 10.2. The topological polar surface area (TPSA) is 59.6 Å². The maximum absolute atomic E-state index is 10.2. The van der Waals surface area contributed by atoms with Crippen LogP contribution in [-0.4, -0.2) is 9.78 Å². The van der Waals surface area contributed by atoms with Gasteiger partial charge in [-0.1, -0.05) is 52.7 Å². The number of nitroso groups, excluding NO2 is 1. The Morgan fingerprint density at radius 1 is 1.41 bits per heavy atom. The van der Waals surface area contributed by atoms with Crippen LogP contribution in [0.2, 0.25) is 0 Å². The van der Waals surface area contributed by atoms with Crippen LogP contribution in [0, 0.1) is 17.3 Å². The lowest BCUT2D eigenvalue weighted by molar-refractivity contribution is 0.678. The molecule has 0 bridgehead atoms. The fraction of sp³-hybridized carbons (Fsp3) is 0.0909. The molecular formula is C11H8N4OS. The molecule has 0 N–H and O–H groups in total. The molecule has 84 valence electrons. The molecule has 6 heteroatoms. The highest BCUT2D eigenvalue weighted by Crippen LogP contribution is 2.18. The van der Waals surface area contributed by atoms with Crippen molar-refractivity contribution in [2.75, 3.05) is 0 Å². The van der Waals surface area contributed by atoms with Crippen LogP contribution in [0.1, 0.15) is 0 Å². The van der Waals surface area contributed by atoms with Crippen LogP contribution < -0.4 is 4.80 Å². The summed E-state index contributed by atoms with van der Waals surface area (Å²) in [6.07, 6.45) is 5.22. The molecule has 17 heavy (non-hydrogen) atoms. The number of rotatable bonds is 3. The largest absolute Gasteiger partial charge is 0.233 e. The summed E-state index contributed by atoms with van der Waals surface area (Å²) < 4.78 is 1.48. The van der Waals surface area contributed by atoms with Crippen LogP contribution in [0.3, 0.4) is 0 Å². The van der Waals surface area contributed by atoms with Crippen molar-refractivity contribution in [3.8, 4) is 22.9 Å². The molecule has 0 atom stereocenters. The summed E-state index contributed by atoms with van der Waals surface area (Å²) in [5.74, 6) is 2.45. The minimum absolute atomic E-state index is 0.262. The second kappa shape index (κ2) is 5.18. The summed E-state index contributed by atoms with van der Waals surface area (Å²) in [6, 6.07) is 9.60. The van der Waals surface area contributed by atoms with Gasteiger partial charge in [-0.25, -0.2) is 4.68 Å². The Balaban J connectivity index is 2.52. The van der Waals surface area contributed by atoms with E-state index in [2.05, 4.69) is 21.4 Å². The van der Waals surface area contributed by atoms with Gasteiger partial charge in [0.05, 0.1) is 5.29 Å². The van der Waals surface area contributed by atoms with Crippen molar-refractivity contribution in [1.29, 1.82) is 0 Å². The van der Waals surface area contributed by atoms with Gasteiger partial charge in [0, 0.05) is 5.56 Å². The number of aromatic nitrogens is 2. The van der Waals surface area contributed by atoms with E-state index >= 15 is 0 Å². The number of hydrogen-bond acceptors (Lipinski definition) is 4.